The number of aryl methyl sites for hydroxylation is 1. The highest BCUT2D eigenvalue weighted by Gasteiger charge is 2.09. The molecule has 0 N–H and O–H groups in total. The summed E-state index contributed by atoms with van der Waals surface area (Å²) in [5.74, 6) is 0.906. The van der Waals surface area contributed by atoms with E-state index in [1.54, 1.807) is 6.20 Å². The Bertz CT molecular complexity index is 462. The number of aromatic nitrogens is 3. The molecule has 2 rings (SSSR count). The highest BCUT2D eigenvalue weighted by atomic mass is 16.5. The minimum Gasteiger partial charge on any atom is -0.334 e. The first kappa shape index (κ1) is 8.62. The summed E-state index contributed by atoms with van der Waals surface area (Å²) in [6.45, 7) is 5.49. The van der Waals surface area contributed by atoms with Crippen LogP contribution in [0.15, 0.2) is 29.4 Å². The molecule has 0 aliphatic heterocycles. The molecule has 0 bridgehead atoms. The van der Waals surface area contributed by atoms with Gasteiger partial charge in [-0.15, -0.1) is 0 Å². The number of hydrogen-bond donors (Lipinski definition) is 0. The van der Waals surface area contributed by atoms with E-state index in [-0.39, 0.29) is 0 Å². The lowest BCUT2D eigenvalue weighted by Gasteiger charge is -1.96. The van der Waals surface area contributed by atoms with Crippen LogP contribution < -0.4 is 0 Å². The Morgan fingerprint density at radius 3 is 3.00 bits per heavy atom. The Morgan fingerprint density at radius 2 is 2.36 bits per heavy atom. The van der Waals surface area contributed by atoms with Gasteiger partial charge in [0.25, 0.3) is 0 Å². The highest BCUT2D eigenvalue weighted by Crippen LogP contribution is 2.16. The van der Waals surface area contributed by atoms with E-state index in [0.29, 0.717) is 11.7 Å². The van der Waals surface area contributed by atoms with Crippen LogP contribution in [0.1, 0.15) is 11.5 Å². The molecule has 14 heavy (non-hydrogen) atoms. The molecule has 0 aliphatic rings. The van der Waals surface area contributed by atoms with Crippen LogP contribution >= 0.6 is 0 Å². The molecule has 0 amide bonds. The Kier molecular flexibility index (Phi) is 2.10. The van der Waals surface area contributed by atoms with Gasteiger partial charge in [-0.25, -0.2) is 0 Å². The fraction of sp³-hybridized carbons (Fsp3) is 0.100. The van der Waals surface area contributed by atoms with Crippen molar-refractivity contribution in [2.24, 2.45) is 0 Å². The van der Waals surface area contributed by atoms with Crippen molar-refractivity contribution in [1.29, 1.82) is 0 Å². The van der Waals surface area contributed by atoms with Crippen molar-refractivity contribution in [3.8, 4) is 11.5 Å². The third kappa shape index (κ3) is 1.42. The van der Waals surface area contributed by atoms with Gasteiger partial charge in [0.2, 0.25) is 11.7 Å². The maximum atomic E-state index is 4.90. The normalized spacial score (nSPS) is 10.1. The maximum absolute atomic E-state index is 4.90. The van der Waals surface area contributed by atoms with E-state index in [1.807, 2.05) is 19.1 Å². The van der Waals surface area contributed by atoms with Crippen LogP contribution in [0.5, 0.6) is 0 Å². The lowest BCUT2D eigenvalue weighted by molar-refractivity contribution is 0.411. The summed E-state index contributed by atoms with van der Waals surface area (Å²) in [6, 6.07) is 3.82. The Labute approximate surface area is 81.3 Å². The number of hydrogen-bond acceptors (Lipinski definition) is 4. The number of pyridine rings is 1. The zero-order valence-corrected chi connectivity index (χ0v) is 7.77. The van der Waals surface area contributed by atoms with Crippen molar-refractivity contribution < 1.29 is 4.52 Å². The predicted molar refractivity (Wildman–Crippen MR) is 52.4 cm³/mol. The second-order valence-electron chi connectivity index (χ2n) is 2.83. The standard InChI is InChI=1S/C10H9N3O/c1-3-8-12-10(13-14-8)9-7(2)5-4-6-11-9/h3-6H,1H2,2H3. The minimum absolute atomic E-state index is 0.407. The highest BCUT2D eigenvalue weighted by molar-refractivity contribution is 5.54. The third-order valence-corrected chi connectivity index (χ3v) is 1.84. The summed E-state index contributed by atoms with van der Waals surface area (Å²) in [7, 11) is 0. The van der Waals surface area contributed by atoms with Gasteiger partial charge in [-0.05, 0) is 24.6 Å². The van der Waals surface area contributed by atoms with Crippen LogP contribution in [0.2, 0.25) is 0 Å². The maximum Gasteiger partial charge on any atom is 0.250 e. The topological polar surface area (TPSA) is 51.8 Å². The average Bonchev–Trinajstić information content (AvgIpc) is 2.67. The van der Waals surface area contributed by atoms with Crippen LogP contribution in [-0.4, -0.2) is 15.1 Å². The number of rotatable bonds is 2. The molecule has 0 aromatic carbocycles. The molecule has 0 radical (unpaired) electrons. The molecule has 4 heteroatoms. The van der Waals surface area contributed by atoms with E-state index in [0.717, 1.165) is 11.3 Å². The Hall–Kier alpha value is -1.97. The van der Waals surface area contributed by atoms with Gasteiger partial charge in [-0.3, -0.25) is 4.98 Å². The largest absolute Gasteiger partial charge is 0.334 e. The molecule has 0 saturated heterocycles. The monoisotopic (exact) mass is 187 g/mol. The van der Waals surface area contributed by atoms with Crippen LogP contribution in [-0.2, 0) is 0 Å². The van der Waals surface area contributed by atoms with Gasteiger partial charge in [0, 0.05) is 6.20 Å². The first-order valence-corrected chi connectivity index (χ1v) is 4.19. The van der Waals surface area contributed by atoms with Crippen molar-refractivity contribution in [2.45, 2.75) is 6.92 Å². The smallest absolute Gasteiger partial charge is 0.250 e. The zero-order chi connectivity index (χ0) is 9.97. The minimum atomic E-state index is 0.407. The SMILES string of the molecule is C=Cc1nc(-c2ncccc2C)no1. The molecular formula is C10H9N3O. The van der Waals surface area contributed by atoms with Crippen molar-refractivity contribution in [3.05, 3.63) is 36.4 Å². The van der Waals surface area contributed by atoms with Crippen molar-refractivity contribution >= 4 is 6.08 Å². The molecule has 0 spiro atoms. The second-order valence-corrected chi connectivity index (χ2v) is 2.83. The quantitative estimate of drug-likeness (QED) is 0.722. The fourth-order valence-electron chi connectivity index (χ4n) is 1.13. The van der Waals surface area contributed by atoms with Gasteiger partial charge in [0.1, 0.15) is 5.69 Å². The summed E-state index contributed by atoms with van der Waals surface area (Å²) >= 11 is 0. The Morgan fingerprint density at radius 1 is 1.50 bits per heavy atom. The molecule has 0 atom stereocenters. The summed E-state index contributed by atoms with van der Waals surface area (Å²) in [6.07, 6.45) is 3.21. The molecule has 0 fully saturated rings. The molecule has 4 nitrogen and oxygen atoms in total. The van der Waals surface area contributed by atoms with Gasteiger partial charge in [-0.2, -0.15) is 4.98 Å². The molecule has 2 aromatic rings. The van der Waals surface area contributed by atoms with E-state index >= 15 is 0 Å². The molecule has 2 aromatic heterocycles. The summed E-state index contributed by atoms with van der Waals surface area (Å²) < 4.78 is 4.90. The second kappa shape index (κ2) is 3.41. The lowest BCUT2D eigenvalue weighted by atomic mass is 10.2. The number of nitrogens with zero attached hydrogens (tertiary/aromatic N) is 3. The summed E-state index contributed by atoms with van der Waals surface area (Å²) in [4.78, 5) is 8.28. The molecule has 0 aliphatic carbocycles. The van der Waals surface area contributed by atoms with Gasteiger partial charge >= 0.3 is 0 Å². The first-order valence-electron chi connectivity index (χ1n) is 4.19. The molecule has 2 heterocycles. The average molecular weight is 187 g/mol. The van der Waals surface area contributed by atoms with Gasteiger partial charge < -0.3 is 4.52 Å². The molecule has 70 valence electrons. The third-order valence-electron chi connectivity index (χ3n) is 1.84. The van der Waals surface area contributed by atoms with Crippen LogP contribution in [0.25, 0.3) is 17.6 Å². The van der Waals surface area contributed by atoms with Crippen molar-refractivity contribution in [3.63, 3.8) is 0 Å². The van der Waals surface area contributed by atoms with Crippen LogP contribution in [0, 0.1) is 6.92 Å². The molecule has 0 saturated carbocycles. The molecule has 0 unspecified atom stereocenters. The van der Waals surface area contributed by atoms with Gasteiger partial charge in [-0.1, -0.05) is 17.8 Å². The van der Waals surface area contributed by atoms with Crippen molar-refractivity contribution in [1.82, 2.24) is 15.1 Å². The predicted octanol–water partition coefficient (Wildman–Crippen LogP) is 2.08. The van der Waals surface area contributed by atoms with Crippen molar-refractivity contribution in [2.75, 3.05) is 0 Å². The van der Waals surface area contributed by atoms with Gasteiger partial charge in [0.15, 0.2) is 0 Å². The Balaban J connectivity index is 2.49. The summed E-state index contributed by atoms with van der Waals surface area (Å²) in [5, 5.41) is 3.80. The molecular weight excluding hydrogens is 178 g/mol. The first-order chi connectivity index (χ1) is 6.81. The van der Waals surface area contributed by atoms with E-state index in [2.05, 4.69) is 21.7 Å². The van der Waals surface area contributed by atoms with E-state index < -0.39 is 0 Å². The van der Waals surface area contributed by atoms with Gasteiger partial charge in [0.05, 0.1) is 0 Å². The summed E-state index contributed by atoms with van der Waals surface area (Å²) in [5.41, 5.74) is 1.76. The van der Waals surface area contributed by atoms with E-state index in [9.17, 15) is 0 Å². The van der Waals surface area contributed by atoms with Crippen LogP contribution in [0.4, 0.5) is 0 Å². The van der Waals surface area contributed by atoms with E-state index in [1.165, 1.54) is 6.08 Å². The lowest BCUT2D eigenvalue weighted by Crippen LogP contribution is -1.88. The van der Waals surface area contributed by atoms with Crippen LogP contribution in [0.3, 0.4) is 0 Å². The fourth-order valence-corrected chi connectivity index (χ4v) is 1.13. The van der Waals surface area contributed by atoms with E-state index in [4.69, 9.17) is 4.52 Å². The zero-order valence-electron chi connectivity index (χ0n) is 7.77.